The van der Waals surface area contributed by atoms with Crippen molar-refractivity contribution in [2.45, 2.75) is 0 Å². The molecule has 0 aliphatic heterocycles. The first kappa shape index (κ1) is 15.8. The van der Waals surface area contributed by atoms with Crippen LogP contribution >= 0.6 is 63.7 Å². The SMILES string of the molecule is CNc1c(Br)cc2c3c(cc(Br)c(N(C)C)c13)C(Br)=C2Br. The van der Waals surface area contributed by atoms with Gasteiger partial charge in [-0.15, -0.1) is 0 Å². The molecule has 2 aromatic carbocycles. The van der Waals surface area contributed by atoms with Gasteiger partial charge in [0, 0.05) is 49.8 Å². The van der Waals surface area contributed by atoms with E-state index in [0.717, 1.165) is 23.6 Å². The Morgan fingerprint density at radius 3 is 1.86 bits per heavy atom. The summed E-state index contributed by atoms with van der Waals surface area (Å²) in [6, 6.07) is 4.33. The second-order valence-corrected chi connectivity index (χ2v) is 8.35. The minimum Gasteiger partial charge on any atom is -0.387 e. The highest BCUT2D eigenvalue weighted by atomic mass is 79.9. The first-order valence-corrected chi connectivity index (χ1v) is 9.45. The maximum atomic E-state index is 3.72. The van der Waals surface area contributed by atoms with Gasteiger partial charge in [-0.2, -0.15) is 0 Å². The molecular weight excluding hydrogens is 528 g/mol. The molecule has 0 atom stereocenters. The lowest BCUT2D eigenvalue weighted by Crippen LogP contribution is -2.11. The molecule has 6 heteroatoms. The maximum absolute atomic E-state index is 3.72. The number of hydrogen-bond acceptors (Lipinski definition) is 2. The Kier molecular flexibility index (Phi) is 4.19. The van der Waals surface area contributed by atoms with Crippen molar-refractivity contribution in [3.05, 3.63) is 32.2 Å². The molecule has 0 heterocycles. The van der Waals surface area contributed by atoms with Crippen molar-refractivity contribution in [3.8, 4) is 0 Å². The van der Waals surface area contributed by atoms with Gasteiger partial charge in [-0.1, -0.05) is 0 Å². The number of hydrogen-bond donors (Lipinski definition) is 1. The molecule has 0 aromatic heterocycles. The van der Waals surface area contributed by atoms with Gasteiger partial charge in [-0.05, 0) is 87.0 Å². The third-order valence-corrected chi connectivity index (χ3v) is 7.05. The second kappa shape index (κ2) is 5.55. The summed E-state index contributed by atoms with van der Waals surface area (Å²) < 4.78 is 4.32. The van der Waals surface area contributed by atoms with Crippen LogP contribution in [0, 0.1) is 0 Å². The average molecular weight is 540 g/mol. The molecule has 0 spiro atoms. The van der Waals surface area contributed by atoms with Crippen LogP contribution in [0.4, 0.5) is 11.4 Å². The monoisotopic (exact) mass is 536 g/mol. The largest absolute Gasteiger partial charge is 0.387 e. The average Bonchev–Trinajstić information content (AvgIpc) is 2.64. The molecule has 0 fully saturated rings. The van der Waals surface area contributed by atoms with Crippen LogP contribution in [0.5, 0.6) is 0 Å². The van der Waals surface area contributed by atoms with Crippen LogP contribution in [0.15, 0.2) is 21.1 Å². The van der Waals surface area contributed by atoms with Crippen molar-refractivity contribution >= 4 is 94.8 Å². The fraction of sp³-hybridized carbons (Fsp3) is 0.200. The van der Waals surface area contributed by atoms with E-state index in [4.69, 9.17) is 0 Å². The van der Waals surface area contributed by atoms with Crippen LogP contribution in [0.25, 0.3) is 19.7 Å². The van der Waals surface area contributed by atoms with Gasteiger partial charge in [-0.25, -0.2) is 0 Å². The minimum absolute atomic E-state index is 1.05. The van der Waals surface area contributed by atoms with E-state index in [0.29, 0.717) is 0 Å². The molecule has 21 heavy (non-hydrogen) atoms. The molecule has 0 radical (unpaired) electrons. The zero-order valence-electron chi connectivity index (χ0n) is 11.6. The number of benzene rings is 2. The van der Waals surface area contributed by atoms with Gasteiger partial charge < -0.3 is 10.2 Å². The number of rotatable bonds is 2. The summed E-state index contributed by atoms with van der Waals surface area (Å²) in [5.41, 5.74) is 4.67. The third-order valence-electron chi connectivity index (χ3n) is 3.65. The lowest BCUT2D eigenvalue weighted by Gasteiger charge is -2.22. The Bertz CT molecular complexity index is 791. The molecule has 110 valence electrons. The summed E-state index contributed by atoms with van der Waals surface area (Å²) in [4.78, 5) is 2.14. The van der Waals surface area contributed by atoms with Crippen molar-refractivity contribution in [2.24, 2.45) is 0 Å². The number of nitrogens with zero attached hydrogens (tertiary/aromatic N) is 1. The van der Waals surface area contributed by atoms with E-state index in [9.17, 15) is 0 Å². The quantitative estimate of drug-likeness (QED) is 0.475. The lowest BCUT2D eigenvalue weighted by molar-refractivity contribution is 1.14. The van der Waals surface area contributed by atoms with E-state index in [-0.39, 0.29) is 0 Å². The van der Waals surface area contributed by atoms with E-state index in [1.165, 1.54) is 27.6 Å². The molecule has 2 aromatic rings. The minimum atomic E-state index is 1.05. The summed E-state index contributed by atoms with van der Waals surface area (Å²) in [6.07, 6.45) is 0. The van der Waals surface area contributed by atoms with E-state index >= 15 is 0 Å². The molecule has 0 bridgehead atoms. The highest BCUT2D eigenvalue weighted by Gasteiger charge is 2.27. The van der Waals surface area contributed by atoms with E-state index in [2.05, 4.69) is 100 Å². The molecule has 1 aliphatic carbocycles. The Morgan fingerprint density at radius 2 is 1.38 bits per heavy atom. The van der Waals surface area contributed by atoms with Crippen LogP contribution in [0.3, 0.4) is 0 Å². The molecule has 2 nitrogen and oxygen atoms in total. The molecule has 0 saturated heterocycles. The molecule has 0 unspecified atom stereocenters. The Labute approximate surface area is 157 Å². The summed E-state index contributed by atoms with van der Waals surface area (Å²) in [5.74, 6) is 0. The summed E-state index contributed by atoms with van der Waals surface area (Å²) in [5, 5.41) is 5.80. The van der Waals surface area contributed by atoms with Gasteiger partial charge in [0.25, 0.3) is 0 Å². The summed E-state index contributed by atoms with van der Waals surface area (Å²) in [6.45, 7) is 0. The van der Waals surface area contributed by atoms with Gasteiger partial charge in [0.15, 0.2) is 0 Å². The van der Waals surface area contributed by atoms with Gasteiger partial charge in [-0.3, -0.25) is 0 Å². The Morgan fingerprint density at radius 1 is 0.857 bits per heavy atom. The fourth-order valence-electron chi connectivity index (χ4n) is 2.82. The number of anilines is 2. The molecular formula is C15H12Br4N2. The van der Waals surface area contributed by atoms with Crippen LogP contribution in [0.1, 0.15) is 11.1 Å². The van der Waals surface area contributed by atoms with Gasteiger partial charge in [0.2, 0.25) is 0 Å². The zero-order valence-corrected chi connectivity index (χ0v) is 18.0. The van der Waals surface area contributed by atoms with Gasteiger partial charge in [0.1, 0.15) is 0 Å². The normalized spacial score (nSPS) is 13.3. The summed E-state index contributed by atoms with van der Waals surface area (Å²) >= 11 is 14.8. The molecule has 0 amide bonds. The predicted octanol–water partition coefficient (Wildman–Crippen LogP) is 6.40. The van der Waals surface area contributed by atoms with E-state index < -0.39 is 0 Å². The van der Waals surface area contributed by atoms with E-state index in [1.807, 2.05) is 7.05 Å². The molecule has 1 N–H and O–H groups in total. The zero-order chi connectivity index (χ0) is 15.5. The summed E-state index contributed by atoms with van der Waals surface area (Å²) in [7, 11) is 6.08. The number of halogens is 4. The van der Waals surface area contributed by atoms with E-state index in [1.54, 1.807) is 0 Å². The first-order chi connectivity index (χ1) is 9.88. The van der Waals surface area contributed by atoms with Gasteiger partial charge in [0.05, 0.1) is 11.4 Å². The highest BCUT2D eigenvalue weighted by molar-refractivity contribution is 9.18. The lowest BCUT2D eigenvalue weighted by atomic mass is 10.00. The van der Waals surface area contributed by atoms with Crippen LogP contribution < -0.4 is 10.2 Å². The second-order valence-electron chi connectivity index (χ2n) is 5.06. The van der Waals surface area contributed by atoms with Crippen molar-refractivity contribution < 1.29 is 0 Å². The molecule has 3 rings (SSSR count). The molecule has 1 aliphatic rings. The Balaban J connectivity index is 2.61. The molecule has 0 saturated carbocycles. The van der Waals surface area contributed by atoms with Crippen LogP contribution in [0.2, 0.25) is 0 Å². The topological polar surface area (TPSA) is 15.3 Å². The smallest absolute Gasteiger partial charge is 0.0607 e. The van der Waals surface area contributed by atoms with Gasteiger partial charge >= 0.3 is 0 Å². The first-order valence-electron chi connectivity index (χ1n) is 6.28. The maximum Gasteiger partial charge on any atom is 0.0607 e. The predicted molar refractivity (Wildman–Crippen MR) is 108 cm³/mol. The third kappa shape index (κ3) is 2.21. The van der Waals surface area contributed by atoms with Crippen LogP contribution in [-0.4, -0.2) is 21.1 Å². The standard InChI is InChI=1S/C15H12Br4N2/c1-20-14-8(16)4-6-10-7(13(19)12(6)18)5-9(17)15(11(10)14)21(2)3/h4-5,20H,1-3H3. The van der Waals surface area contributed by atoms with Crippen molar-refractivity contribution in [2.75, 3.05) is 31.4 Å². The highest BCUT2D eigenvalue weighted by Crippen LogP contribution is 2.54. The van der Waals surface area contributed by atoms with Crippen LogP contribution in [-0.2, 0) is 0 Å². The number of nitrogens with one attached hydrogen (secondary N) is 1. The van der Waals surface area contributed by atoms with Crippen molar-refractivity contribution in [1.82, 2.24) is 0 Å². The van der Waals surface area contributed by atoms with Crippen molar-refractivity contribution in [1.29, 1.82) is 0 Å². The van der Waals surface area contributed by atoms with Crippen molar-refractivity contribution in [3.63, 3.8) is 0 Å². The fourth-order valence-corrected chi connectivity index (χ4v) is 5.28. The Hall–Kier alpha value is -0.0400.